The van der Waals surface area contributed by atoms with Crippen molar-refractivity contribution in [3.63, 3.8) is 0 Å². The number of hydrogen-bond acceptors (Lipinski definition) is 4. The second-order valence-corrected chi connectivity index (χ2v) is 6.29. The third-order valence-electron chi connectivity index (χ3n) is 4.35. The lowest BCUT2D eigenvalue weighted by Gasteiger charge is -2.15. The quantitative estimate of drug-likeness (QED) is 0.755. The van der Waals surface area contributed by atoms with Crippen molar-refractivity contribution in [3.05, 3.63) is 40.4 Å². The van der Waals surface area contributed by atoms with Crippen LogP contribution in [0.2, 0.25) is 0 Å². The molecule has 0 radical (unpaired) electrons. The van der Waals surface area contributed by atoms with Crippen LogP contribution >= 0.6 is 0 Å². The molecular formula is C18H22N4O3. The SMILES string of the molecule is O=C(CCCc1nc2ccccc2c(=O)[nH]1)NC1CCCCNC1=O. The Labute approximate surface area is 145 Å². The molecule has 0 aliphatic carbocycles. The second kappa shape index (κ2) is 7.92. The summed E-state index contributed by atoms with van der Waals surface area (Å²) in [5.41, 5.74) is 0.487. The third kappa shape index (κ3) is 4.43. The molecule has 3 rings (SSSR count). The van der Waals surface area contributed by atoms with Gasteiger partial charge in [-0.1, -0.05) is 12.1 Å². The van der Waals surface area contributed by atoms with Gasteiger partial charge in [0.1, 0.15) is 11.9 Å². The Morgan fingerprint density at radius 3 is 2.96 bits per heavy atom. The highest BCUT2D eigenvalue weighted by atomic mass is 16.2. The summed E-state index contributed by atoms with van der Waals surface area (Å²) in [6.45, 7) is 0.673. The van der Waals surface area contributed by atoms with Crippen LogP contribution in [0.1, 0.15) is 37.9 Å². The van der Waals surface area contributed by atoms with Crippen molar-refractivity contribution in [2.75, 3.05) is 6.54 Å². The molecule has 2 amide bonds. The maximum absolute atomic E-state index is 12.1. The lowest BCUT2D eigenvalue weighted by atomic mass is 10.1. The minimum atomic E-state index is -0.436. The van der Waals surface area contributed by atoms with Gasteiger partial charge in [-0.15, -0.1) is 0 Å². The summed E-state index contributed by atoms with van der Waals surface area (Å²) in [6, 6.07) is 6.73. The highest BCUT2D eigenvalue weighted by Crippen LogP contribution is 2.08. The number of benzene rings is 1. The van der Waals surface area contributed by atoms with E-state index in [-0.39, 0.29) is 17.4 Å². The van der Waals surface area contributed by atoms with E-state index in [9.17, 15) is 14.4 Å². The normalized spacial score (nSPS) is 17.8. The molecule has 7 nitrogen and oxygen atoms in total. The van der Waals surface area contributed by atoms with Gasteiger partial charge in [0.2, 0.25) is 11.8 Å². The van der Waals surface area contributed by atoms with Crippen LogP contribution in [0.5, 0.6) is 0 Å². The van der Waals surface area contributed by atoms with Crippen molar-refractivity contribution in [2.24, 2.45) is 0 Å². The molecule has 3 N–H and O–H groups in total. The summed E-state index contributed by atoms with van der Waals surface area (Å²) in [5.74, 6) is 0.320. The van der Waals surface area contributed by atoms with E-state index in [2.05, 4.69) is 20.6 Å². The summed E-state index contributed by atoms with van der Waals surface area (Å²) in [5, 5.41) is 6.15. The van der Waals surface area contributed by atoms with Crippen molar-refractivity contribution in [2.45, 2.75) is 44.6 Å². The van der Waals surface area contributed by atoms with Gasteiger partial charge in [0.15, 0.2) is 0 Å². The van der Waals surface area contributed by atoms with Crippen LogP contribution in [-0.4, -0.2) is 34.4 Å². The standard InChI is InChI=1S/C18H22N4O3/c23-16(21-14-8-3-4-11-19-18(14)25)10-5-9-15-20-13-7-2-1-6-12(13)17(24)22-15/h1-2,6-7,14H,3-5,8-11H2,(H,19,25)(H,21,23)(H,20,22,24). The van der Waals surface area contributed by atoms with Gasteiger partial charge in [-0.25, -0.2) is 4.98 Å². The Bertz CT molecular complexity index is 830. The Kier molecular flexibility index (Phi) is 5.42. The Morgan fingerprint density at radius 2 is 2.08 bits per heavy atom. The molecule has 1 saturated heterocycles. The maximum atomic E-state index is 12.1. The molecule has 1 fully saturated rings. The Hall–Kier alpha value is -2.70. The fraction of sp³-hybridized carbons (Fsp3) is 0.444. The van der Waals surface area contributed by atoms with E-state index in [1.807, 2.05) is 6.07 Å². The van der Waals surface area contributed by atoms with Gasteiger partial charge in [0.05, 0.1) is 10.9 Å². The summed E-state index contributed by atoms with van der Waals surface area (Å²) in [6.07, 6.45) is 3.90. The minimum Gasteiger partial charge on any atom is -0.354 e. The summed E-state index contributed by atoms with van der Waals surface area (Å²) in [7, 11) is 0. The number of para-hydroxylation sites is 1. The molecule has 1 aliphatic heterocycles. The Morgan fingerprint density at radius 1 is 1.24 bits per heavy atom. The van der Waals surface area contributed by atoms with Crippen LogP contribution in [0.4, 0.5) is 0 Å². The molecule has 1 unspecified atom stereocenters. The highest BCUT2D eigenvalue weighted by molar-refractivity contribution is 5.87. The molecule has 2 aromatic rings. The summed E-state index contributed by atoms with van der Waals surface area (Å²) >= 11 is 0. The van der Waals surface area contributed by atoms with Gasteiger partial charge < -0.3 is 15.6 Å². The lowest BCUT2D eigenvalue weighted by Crippen LogP contribution is -2.45. The second-order valence-electron chi connectivity index (χ2n) is 6.29. The Balaban J connectivity index is 1.53. The van der Waals surface area contributed by atoms with E-state index >= 15 is 0 Å². The van der Waals surface area contributed by atoms with Gasteiger partial charge in [0.25, 0.3) is 5.56 Å². The zero-order chi connectivity index (χ0) is 17.6. The number of aromatic nitrogens is 2. The van der Waals surface area contributed by atoms with Gasteiger partial charge in [-0.2, -0.15) is 0 Å². The molecule has 132 valence electrons. The molecule has 1 aromatic carbocycles. The van der Waals surface area contributed by atoms with E-state index in [1.54, 1.807) is 18.2 Å². The minimum absolute atomic E-state index is 0.105. The topological polar surface area (TPSA) is 104 Å². The fourth-order valence-electron chi connectivity index (χ4n) is 3.01. The predicted octanol–water partition coefficient (Wildman–Crippen LogP) is 1.03. The fourth-order valence-corrected chi connectivity index (χ4v) is 3.01. The maximum Gasteiger partial charge on any atom is 0.258 e. The van der Waals surface area contributed by atoms with Crippen LogP contribution in [0.15, 0.2) is 29.1 Å². The van der Waals surface area contributed by atoms with Crippen molar-refractivity contribution < 1.29 is 9.59 Å². The number of rotatable bonds is 5. The number of fused-ring (bicyclic) bond motifs is 1. The average molecular weight is 342 g/mol. The lowest BCUT2D eigenvalue weighted by molar-refractivity contribution is -0.128. The first-order chi connectivity index (χ1) is 12.1. The van der Waals surface area contributed by atoms with Gasteiger partial charge in [-0.05, 0) is 37.8 Å². The number of aryl methyl sites for hydroxylation is 1. The number of H-pyrrole nitrogens is 1. The van der Waals surface area contributed by atoms with Crippen molar-refractivity contribution >= 4 is 22.7 Å². The zero-order valence-electron chi connectivity index (χ0n) is 14.0. The summed E-state index contributed by atoms with van der Waals surface area (Å²) in [4.78, 5) is 43.1. The van der Waals surface area contributed by atoms with Crippen molar-refractivity contribution in [3.8, 4) is 0 Å². The molecule has 1 aromatic heterocycles. The highest BCUT2D eigenvalue weighted by Gasteiger charge is 2.21. The molecule has 0 spiro atoms. The van der Waals surface area contributed by atoms with Crippen molar-refractivity contribution in [1.82, 2.24) is 20.6 Å². The van der Waals surface area contributed by atoms with E-state index in [1.165, 1.54) is 0 Å². The number of nitrogens with zero attached hydrogens (tertiary/aromatic N) is 1. The number of carbonyl (C=O) groups is 2. The number of aromatic amines is 1. The van der Waals surface area contributed by atoms with Crippen LogP contribution in [0.3, 0.4) is 0 Å². The van der Waals surface area contributed by atoms with Crippen LogP contribution in [-0.2, 0) is 16.0 Å². The van der Waals surface area contributed by atoms with E-state index in [4.69, 9.17) is 0 Å². The molecule has 2 heterocycles. The molecule has 25 heavy (non-hydrogen) atoms. The molecule has 0 bridgehead atoms. The predicted molar refractivity (Wildman–Crippen MR) is 94.1 cm³/mol. The van der Waals surface area contributed by atoms with Gasteiger partial charge in [0, 0.05) is 19.4 Å². The molecular weight excluding hydrogens is 320 g/mol. The van der Waals surface area contributed by atoms with Crippen LogP contribution in [0, 0.1) is 0 Å². The zero-order valence-corrected chi connectivity index (χ0v) is 14.0. The largest absolute Gasteiger partial charge is 0.354 e. The first-order valence-electron chi connectivity index (χ1n) is 8.68. The van der Waals surface area contributed by atoms with Gasteiger partial charge in [-0.3, -0.25) is 14.4 Å². The monoisotopic (exact) mass is 342 g/mol. The van der Waals surface area contributed by atoms with Crippen LogP contribution in [0.25, 0.3) is 10.9 Å². The smallest absolute Gasteiger partial charge is 0.258 e. The van der Waals surface area contributed by atoms with Crippen LogP contribution < -0.4 is 16.2 Å². The number of hydrogen-bond donors (Lipinski definition) is 3. The number of carbonyl (C=O) groups excluding carboxylic acids is 2. The average Bonchev–Trinajstić information content (AvgIpc) is 2.80. The van der Waals surface area contributed by atoms with Gasteiger partial charge >= 0.3 is 0 Å². The van der Waals surface area contributed by atoms with E-state index in [0.717, 1.165) is 12.8 Å². The van der Waals surface area contributed by atoms with Crippen molar-refractivity contribution in [1.29, 1.82) is 0 Å². The van der Waals surface area contributed by atoms with E-state index < -0.39 is 6.04 Å². The molecule has 1 atom stereocenters. The first kappa shape index (κ1) is 17.1. The molecule has 1 aliphatic rings. The third-order valence-corrected chi connectivity index (χ3v) is 4.35. The molecule has 0 saturated carbocycles. The number of nitrogens with one attached hydrogen (secondary N) is 3. The first-order valence-corrected chi connectivity index (χ1v) is 8.68. The van der Waals surface area contributed by atoms with E-state index in [0.29, 0.717) is 49.0 Å². The molecule has 7 heteroatoms. The summed E-state index contributed by atoms with van der Waals surface area (Å²) < 4.78 is 0. The number of amides is 2.